The van der Waals surface area contributed by atoms with Crippen molar-refractivity contribution in [2.45, 2.75) is 19.4 Å². The van der Waals surface area contributed by atoms with Gasteiger partial charge >= 0.3 is 0 Å². The summed E-state index contributed by atoms with van der Waals surface area (Å²) in [7, 11) is 1.67. The molecule has 0 saturated carbocycles. The molecule has 0 radical (unpaired) electrons. The smallest absolute Gasteiger partial charge is 0.151 e. The predicted molar refractivity (Wildman–Crippen MR) is 60.3 cm³/mol. The van der Waals surface area contributed by atoms with Crippen molar-refractivity contribution >= 4 is 11.4 Å². The van der Waals surface area contributed by atoms with E-state index in [1.807, 2.05) is 0 Å². The molecule has 16 heavy (non-hydrogen) atoms. The Labute approximate surface area is 93.5 Å². The number of hydrogen-bond donors (Lipinski definition) is 2. The summed E-state index contributed by atoms with van der Waals surface area (Å²) in [4.78, 5) is 1.62. The Kier molecular flexibility index (Phi) is 4.06. The highest BCUT2D eigenvalue weighted by molar-refractivity contribution is 5.67. The van der Waals surface area contributed by atoms with Crippen molar-refractivity contribution < 1.29 is 13.9 Å². The first kappa shape index (κ1) is 12.7. The Balaban J connectivity index is 2.86. The molecule has 3 N–H and O–H groups in total. The maximum absolute atomic E-state index is 13.2. The van der Waals surface area contributed by atoms with Gasteiger partial charge in [-0.15, -0.1) is 0 Å². The van der Waals surface area contributed by atoms with Crippen LogP contribution in [0.2, 0.25) is 0 Å². The van der Waals surface area contributed by atoms with Gasteiger partial charge in [-0.25, -0.2) is 8.78 Å². The van der Waals surface area contributed by atoms with E-state index in [0.29, 0.717) is 18.7 Å². The Morgan fingerprint density at radius 1 is 1.44 bits per heavy atom. The second kappa shape index (κ2) is 5.12. The number of rotatable bonds is 4. The summed E-state index contributed by atoms with van der Waals surface area (Å²) in [5.74, 6) is -1.43. The minimum Gasteiger partial charge on any atom is -0.395 e. The first-order valence-corrected chi connectivity index (χ1v) is 5.05. The Morgan fingerprint density at radius 2 is 2.06 bits per heavy atom. The highest BCUT2D eigenvalue weighted by atomic mass is 19.1. The maximum atomic E-state index is 13.2. The molecule has 0 aliphatic carbocycles. The molecule has 1 rings (SSSR count). The minimum absolute atomic E-state index is 0.0745. The number of aliphatic hydroxyl groups excluding tert-OH is 1. The zero-order chi connectivity index (χ0) is 12.3. The van der Waals surface area contributed by atoms with Gasteiger partial charge in [-0.05, 0) is 19.4 Å². The van der Waals surface area contributed by atoms with Crippen molar-refractivity contribution in [2.75, 3.05) is 24.2 Å². The van der Waals surface area contributed by atoms with Crippen molar-refractivity contribution in [1.82, 2.24) is 0 Å². The van der Waals surface area contributed by atoms with Crippen molar-refractivity contribution in [3.63, 3.8) is 0 Å². The summed E-state index contributed by atoms with van der Waals surface area (Å²) >= 11 is 0. The molecule has 90 valence electrons. The Bertz CT molecular complexity index is 369. The third kappa shape index (κ3) is 3.06. The maximum Gasteiger partial charge on any atom is 0.151 e. The lowest BCUT2D eigenvalue weighted by molar-refractivity contribution is 0.187. The van der Waals surface area contributed by atoms with Gasteiger partial charge < -0.3 is 15.7 Å². The molecule has 1 aromatic rings. The van der Waals surface area contributed by atoms with E-state index in [1.165, 1.54) is 6.07 Å². The van der Waals surface area contributed by atoms with Crippen molar-refractivity contribution in [3.05, 3.63) is 23.8 Å². The third-order valence-electron chi connectivity index (χ3n) is 2.37. The molecule has 0 spiro atoms. The van der Waals surface area contributed by atoms with Crippen LogP contribution in [0.4, 0.5) is 20.2 Å². The van der Waals surface area contributed by atoms with E-state index in [1.54, 1.807) is 18.9 Å². The molecular weight excluding hydrogens is 214 g/mol. The van der Waals surface area contributed by atoms with Crippen molar-refractivity contribution in [1.29, 1.82) is 0 Å². The predicted octanol–water partition coefficient (Wildman–Crippen LogP) is 1.75. The molecule has 1 aromatic carbocycles. The topological polar surface area (TPSA) is 49.5 Å². The van der Waals surface area contributed by atoms with Crippen LogP contribution in [0.1, 0.15) is 13.3 Å². The molecule has 0 aliphatic rings. The third-order valence-corrected chi connectivity index (χ3v) is 2.37. The molecule has 0 heterocycles. The van der Waals surface area contributed by atoms with Gasteiger partial charge in [0.15, 0.2) is 5.82 Å². The number of nitrogens with zero attached hydrogens (tertiary/aromatic N) is 1. The number of halogens is 2. The van der Waals surface area contributed by atoms with Gasteiger partial charge in [0.25, 0.3) is 0 Å². The van der Waals surface area contributed by atoms with Gasteiger partial charge in [0.2, 0.25) is 0 Å². The summed E-state index contributed by atoms with van der Waals surface area (Å²) in [6, 6.07) is 1.93. The van der Waals surface area contributed by atoms with E-state index < -0.39 is 17.7 Å². The molecular formula is C11H16F2N2O. The molecule has 0 bridgehead atoms. The van der Waals surface area contributed by atoms with Gasteiger partial charge in [-0.1, -0.05) is 0 Å². The van der Waals surface area contributed by atoms with Crippen LogP contribution in [-0.2, 0) is 0 Å². The van der Waals surface area contributed by atoms with Crippen LogP contribution in [-0.4, -0.2) is 24.8 Å². The summed E-state index contributed by atoms with van der Waals surface area (Å²) in [5, 5.41) is 9.12. The lowest BCUT2D eigenvalue weighted by atomic mass is 10.2. The average Bonchev–Trinajstić information content (AvgIpc) is 2.19. The molecule has 5 heteroatoms. The summed E-state index contributed by atoms with van der Waals surface area (Å²) < 4.78 is 26.2. The fraction of sp³-hybridized carbons (Fsp3) is 0.455. The molecule has 1 unspecified atom stereocenters. The van der Waals surface area contributed by atoms with Gasteiger partial charge in [-0.3, -0.25) is 0 Å². The fourth-order valence-corrected chi connectivity index (χ4v) is 1.39. The molecule has 1 atom stereocenters. The number of anilines is 2. The Morgan fingerprint density at radius 3 is 2.62 bits per heavy atom. The zero-order valence-corrected chi connectivity index (χ0v) is 9.37. The monoisotopic (exact) mass is 230 g/mol. The lowest BCUT2D eigenvalue weighted by Crippen LogP contribution is -2.23. The number of benzene rings is 1. The van der Waals surface area contributed by atoms with E-state index in [4.69, 9.17) is 10.8 Å². The molecule has 0 fully saturated rings. The van der Waals surface area contributed by atoms with Crippen LogP contribution in [0, 0.1) is 11.6 Å². The minimum atomic E-state index is -0.765. The summed E-state index contributed by atoms with van der Waals surface area (Å²) in [6.07, 6.45) is 0.0516. The first-order chi connectivity index (χ1) is 7.41. The van der Waals surface area contributed by atoms with E-state index in [2.05, 4.69) is 0 Å². The SMILES string of the molecule is CC(O)CCN(C)c1cc(F)cc(F)c1N. The largest absolute Gasteiger partial charge is 0.395 e. The number of aliphatic hydroxyl groups is 1. The fourth-order valence-electron chi connectivity index (χ4n) is 1.39. The second-order valence-electron chi connectivity index (χ2n) is 3.88. The molecule has 0 saturated heterocycles. The van der Waals surface area contributed by atoms with Crippen LogP contribution in [0.25, 0.3) is 0 Å². The normalized spacial score (nSPS) is 12.6. The van der Waals surface area contributed by atoms with Crippen LogP contribution < -0.4 is 10.6 Å². The van der Waals surface area contributed by atoms with Crippen molar-refractivity contribution in [3.8, 4) is 0 Å². The van der Waals surface area contributed by atoms with Crippen LogP contribution >= 0.6 is 0 Å². The summed E-state index contributed by atoms with van der Waals surface area (Å²) in [5.41, 5.74) is 5.74. The van der Waals surface area contributed by atoms with Gasteiger partial charge in [0, 0.05) is 19.7 Å². The van der Waals surface area contributed by atoms with E-state index in [-0.39, 0.29) is 5.69 Å². The van der Waals surface area contributed by atoms with Gasteiger partial charge in [-0.2, -0.15) is 0 Å². The van der Waals surface area contributed by atoms with Gasteiger partial charge in [0.05, 0.1) is 17.5 Å². The standard InChI is InChI=1S/C11H16F2N2O/c1-7(16)3-4-15(2)10-6-8(12)5-9(13)11(10)14/h5-7,16H,3-4,14H2,1-2H3. The Hall–Kier alpha value is -1.36. The average molecular weight is 230 g/mol. The quantitative estimate of drug-likeness (QED) is 0.775. The molecule has 0 amide bonds. The van der Waals surface area contributed by atoms with Gasteiger partial charge in [0.1, 0.15) is 5.82 Å². The summed E-state index contributed by atoms with van der Waals surface area (Å²) in [6.45, 7) is 2.13. The van der Waals surface area contributed by atoms with Crippen LogP contribution in [0.3, 0.4) is 0 Å². The van der Waals surface area contributed by atoms with Crippen LogP contribution in [0.15, 0.2) is 12.1 Å². The number of nitrogen functional groups attached to an aromatic ring is 1. The highest BCUT2D eigenvalue weighted by Crippen LogP contribution is 2.26. The molecule has 0 aromatic heterocycles. The van der Waals surface area contributed by atoms with Crippen LogP contribution in [0.5, 0.6) is 0 Å². The van der Waals surface area contributed by atoms with E-state index >= 15 is 0 Å². The lowest BCUT2D eigenvalue weighted by Gasteiger charge is -2.22. The second-order valence-corrected chi connectivity index (χ2v) is 3.88. The first-order valence-electron chi connectivity index (χ1n) is 5.05. The zero-order valence-electron chi connectivity index (χ0n) is 9.37. The highest BCUT2D eigenvalue weighted by Gasteiger charge is 2.12. The van der Waals surface area contributed by atoms with E-state index in [9.17, 15) is 8.78 Å². The molecule has 3 nitrogen and oxygen atoms in total. The number of nitrogens with two attached hydrogens (primary N) is 1. The molecule has 0 aliphatic heterocycles. The van der Waals surface area contributed by atoms with E-state index in [0.717, 1.165) is 6.07 Å². The van der Waals surface area contributed by atoms with Crippen molar-refractivity contribution in [2.24, 2.45) is 0 Å². The number of hydrogen-bond acceptors (Lipinski definition) is 3.